The zero-order chi connectivity index (χ0) is 19.8. The lowest BCUT2D eigenvalue weighted by atomic mass is 10.1. The van der Waals surface area contributed by atoms with Crippen LogP contribution in [0.5, 0.6) is 0 Å². The summed E-state index contributed by atoms with van der Waals surface area (Å²) < 4.78 is 28.4. The Morgan fingerprint density at radius 2 is 1.96 bits per heavy atom. The third-order valence-electron chi connectivity index (χ3n) is 4.80. The molecule has 1 amide bonds. The molecule has 2 aliphatic rings. The van der Waals surface area contributed by atoms with Crippen LogP contribution in [0.2, 0.25) is 0 Å². The third-order valence-corrected chi connectivity index (χ3v) is 6.55. The van der Waals surface area contributed by atoms with E-state index in [1.54, 1.807) is 0 Å². The van der Waals surface area contributed by atoms with E-state index >= 15 is 0 Å². The van der Waals surface area contributed by atoms with Gasteiger partial charge in [0.25, 0.3) is 11.6 Å². The Morgan fingerprint density at radius 3 is 2.52 bits per heavy atom. The average molecular weight is 396 g/mol. The van der Waals surface area contributed by atoms with Gasteiger partial charge >= 0.3 is 5.97 Å². The number of hydrogen-bond acceptors (Lipinski definition) is 7. The van der Waals surface area contributed by atoms with Gasteiger partial charge < -0.3 is 9.64 Å². The number of hydrogen-bond donors (Lipinski definition) is 0. The average Bonchev–Trinajstić information content (AvgIpc) is 3.35. The summed E-state index contributed by atoms with van der Waals surface area (Å²) in [5, 5.41) is 11.2. The molecule has 1 aliphatic carbocycles. The largest absolute Gasteiger partial charge is 0.452 e. The van der Waals surface area contributed by atoms with Gasteiger partial charge in [-0.05, 0) is 32.3 Å². The maximum absolute atomic E-state index is 12.6. The molecule has 0 unspecified atom stereocenters. The van der Waals surface area contributed by atoms with Gasteiger partial charge in [0.05, 0.1) is 16.4 Å². The van der Waals surface area contributed by atoms with E-state index in [9.17, 15) is 28.1 Å². The van der Waals surface area contributed by atoms with Crippen LogP contribution in [0.1, 0.15) is 35.2 Å². The Morgan fingerprint density at radius 1 is 1.26 bits per heavy atom. The normalized spacial score (nSPS) is 20.9. The zero-order valence-corrected chi connectivity index (χ0v) is 15.6. The Kier molecular flexibility index (Phi) is 5.18. The topological polar surface area (TPSA) is 124 Å². The lowest BCUT2D eigenvalue weighted by Gasteiger charge is -2.28. The highest BCUT2D eigenvalue weighted by Gasteiger charge is 2.42. The lowest BCUT2D eigenvalue weighted by molar-refractivity contribution is -0.385. The molecule has 1 saturated carbocycles. The fourth-order valence-corrected chi connectivity index (χ4v) is 5.11. The van der Waals surface area contributed by atoms with Crippen LogP contribution in [0.4, 0.5) is 5.69 Å². The highest BCUT2D eigenvalue weighted by Crippen LogP contribution is 2.32. The molecule has 0 spiro atoms. The summed E-state index contributed by atoms with van der Waals surface area (Å²) in [7, 11) is -3.15. The number of nitrogens with zero attached hydrogens (tertiary/aromatic N) is 2. The summed E-state index contributed by atoms with van der Waals surface area (Å²) in [5.74, 6) is -1.45. The number of carbonyl (C=O) groups excluding carboxylic acids is 2. The Bertz CT molecular complexity index is 893. The number of sulfone groups is 1. The zero-order valence-electron chi connectivity index (χ0n) is 14.8. The van der Waals surface area contributed by atoms with Gasteiger partial charge in [-0.15, -0.1) is 0 Å². The first-order valence-electron chi connectivity index (χ1n) is 8.62. The summed E-state index contributed by atoms with van der Waals surface area (Å²) in [6.45, 7) is 0.937. The molecule has 1 heterocycles. The van der Waals surface area contributed by atoms with Crippen molar-refractivity contribution in [3.8, 4) is 0 Å². The van der Waals surface area contributed by atoms with Crippen LogP contribution >= 0.6 is 0 Å². The van der Waals surface area contributed by atoms with Crippen molar-refractivity contribution in [2.24, 2.45) is 0 Å². The summed E-state index contributed by atoms with van der Waals surface area (Å²) in [6, 6.07) is 3.86. The van der Waals surface area contributed by atoms with E-state index in [0.717, 1.165) is 12.8 Å². The maximum Gasteiger partial charge on any atom is 0.345 e. The fourth-order valence-electron chi connectivity index (χ4n) is 3.40. The van der Waals surface area contributed by atoms with Gasteiger partial charge in [-0.2, -0.15) is 0 Å². The number of nitro groups is 1. The number of amides is 1. The van der Waals surface area contributed by atoms with E-state index in [-0.39, 0.29) is 28.8 Å². The van der Waals surface area contributed by atoms with Crippen LogP contribution in [0.25, 0.3) is 0 Å². The molecule has 1 atom stereocenters. The minimum Gasteiger partial charge on any atom is -0.452 e. The Labute approximate surface area is 156 Å². The van der Waals surface area contributed by atoms with Crippen molar-refractivity contribution in [1.29, 1.82) is 0 Å². The van der Waals surface area contributed by atoms with Crippen molar-refractivity contribution in [2.75, 3.05) is 18.1 Å². The van der Waals surface area contributed by atoms with Gasteiger partial charge in [0.2, 0.25) is 0 Å². The molecule has 3 rings (SSSR count). The van der Waals surface area contributed by atoms with Crippen LogP contribution in [-0.2, 0) is 19.4 Å². The number of rotatable bonds is 6. The molecule has 27 heavy (non-hydrogen) atoms. The van der Waals surface area contributed by atoms with Gasteiger partial charge in [-0.25, -0.2) is 13.2 Å². The van der Waals surface area contributed by atoms with Crippen LogP contribution in [0, 0.1) is 17.0 Å². The van der Waals surface area contributed by atoms with Gasteiger partial charge in [0, 0.05) is 17.6 Å². The minimum absolute atomic E-state index is 0.0252. The van der Waals surface area contributed by atoms with Crippen molar-refractivity contribution >= 4 is 27.4 Å². The fraction of sp³-hybridized carbons (Fsp3) is 0.529. The van der Waals surface area contributed by atoms with Crippen LogP contribution in [0.15, 0.2) is 18.2 Å². The second kappa shape index (κ2) is 7.26. The van der Waals surface area contributed by atoms with Gasteiger partial charge in [0.15, 0.2) is 16.4 Å². The molecule has 1 aliphatic heterocycles. The molecule has 0 aromatic heterocycles. The highest BCUT2D eigenvalue weighted by atomic mass is 32.2. The van der Waals surface area contributed by atoms with Crippen molar-refractivity contribution in [3.63, 3.8) is 0 Å². The second-order valence-electron chi connectivity index (χ2n) is 6.89. The molecule has 1 saturated heterocycles. The van der Waals surface area contributed by atoms with E-state index in [1.165, 1.54) is 30.0 Å². The number of aryl methyl sites for hydroxylation is 1. The molecule has 9 nitrogen and oxygen atoms in total. The second-order valence-corrected chi connectivity index (χ2v) is 9.12. The molecule has 146 valence electrons. The van der Waals surface area contributed by atoms with Crippen molar-refractivity contribution in [2.45, 2.75) is 38.3 Å². The monoisotopic (exact) mass is 396 g/mol. The molecule has 2 fully saturated rings. The van der Waals surface area contributed by atoms with Crippen LogP contribution < -0.4 is 0 Å². The highest BCUT2D eigenvalue weighted by molar-refractivity contribution is 7.91. The first-order chi connectivity index (χ1) is 12.7. The lowest BCUT2D eigenvalue weighted by Crippen LogP contribution is -2.44. The quantitative estimate of drug-likeness (QED) is 0.402. The van der Waals surface area contributed by atoms with Gasteiger partial charge in [-0.3, -0.25) is 14.9 Å². The van der Waals surface area contributed by atoms with Crippen LogP contribution in [0.3, 0.4) is 0 Å². The standard InChI is InChI=1S/C17H20N2O7S/c1-11-3-2-4-14(16(11)19(22)23)17(21)26-9-15(20)18(12-5-6-12)13-7-8-27(24,25)10-13/h2-4,12-13H,5-10H2,1H3/t13-/m1/s1. The maximum atomic E-state index is 12.6. The number of esters is 1. The molecule has 1 aromatic rings. The Hall–Kier alpha value is -2.49. The van der Waals surface area contributed by atoms with Crippen molar-refractivity contribution in [3.05, 3.63) is 39.4 Å². The molecule has 1 aromatic carbocycles. The van der Waals surface area contributed by atoms with E-state index < -0.39 is 39.3 Å². The molecular formula is C17H20N2O7S. The predicted octanol–water partition coefficient (Wildman–Crippen LogP) is 1.24. The van der Waals surface area contributed by atoms with Crippen LogP contribution in [-0.4, -0.2) is 60.3 Å². The molecule has 10 heteroatoms. The number of carbonyl (C=O) groups is 2. The smallest absolute Gasteiger partial charge is 0.345 e. The molecule has 0 N–H and O–H groups in total. The van der Waals surface area contributed by atoms with E-state index in [4.69, 9.17) is 4.74 Å². The molecule has 0 radical (unpaired) electrons. The van der Waals surface area contributed by atoms with Crippen molar-refractivity contribution in [1.82, 2.24) is 4.90 Å². The number of nitro benzene ring substituents is 1. The number of ether oxygens (including phenoxy) is 1. The first-order valence-corrected chi connectivity index (χ1v) is 10.4. The van der Waals surface area contributed by atoms with E-state index in [1.807, 2.05) is 0 Å². The SMILES string of the molecule is Cc1cccc(C(=O)OCC(=O)N(C2CC2)[C@@H]2CCS(=O)(=O)C2)c1[N+](=O)[O-]. The molecule has 0 bridgehead atoms. The van der Waals surface area contributed by atoms with E-state index in [0.29, 0.717) is 12.0 Å². The predicted molar refractivity (Wildman–Crippen MR) is 95.0 cm³/mol. The molecular weight excluding hydrogens is 376 g/mol. The summed E-state index contributed by atoms with van der Waals surface area (Å²) in [4.78, 5) is 36.9. The van der Waals surface area contributed by atoms with E-state index in [2.05, 4.69) is 0 Å². The third kappa shape index (κ3) is 4.26. The summed E-state index contributed by atoms with van der Waals surface area (Å²) in [6.07, 6.45) is 1.96. The summed E-state index contributed by atoms with van der Waals surface area (Å²) >= 11 is 0. The number of benzene rings is 1. The van der Waals surface area contributed by atoms with Gasteiger partial charge in [-0.1, -0.05) is 12.1 Å². The number of para-hydroxylation sites is 1. The summed E-state index contributed by atoms with van der Waals surface area (Å²) in [5.41, 5.74) is -0.248. The van der Waals surface area contributed by atoms with Crippen molar-refractivity contribution < 1.29 is 27.7 Å². The Balaban J connectivity index is 1.69. The first kappa shape index (κ1) is 19.3. The minimum atomic E-state index is -3.15. The van der Waals surface area contributed by atoms with Gasteiger partial charge in [0.1, 0.15) is 5.56 Å².